The SMILES string of the molecule is C=CC(=O)OCCCCCCOc1ccc(COOc2ccc(OC(=O)CCCCCOOc3ccc(C(OO)c4ccc(OCCCCCCOC(=O)C=C)cc4)c(C=O)c3)cc2C=O)cc1. The number of rotatable bonds is 36. The van der Waals surface area contributed by atoms with E-state index in [1.54, 1.807) is 36.4 Å². The van der Waals surface area contributed by atoms with E-state index in [9.17, 15) is 29.2 Å². The molecule has 0 heterocycles. The van der Waals surface area contributed by atoms with Crippen LogP contribution in [0.3, 0.4) is 0 Å². The molecule has 0 aliphatic carbocycles. The third-order valence-corrected chi connectivity index (χ3v) is 10.1. The van der Waals surface area contributed by atoms with Gasteiger partial charge < -0.3 is 33.5 Å². The fourth-order valence-corrected chi connectivity index (χ4v) is 6.44. The van der Waals surface area contributed by atoms with Crippen LogP contribution in [0.25, 0.3) is 0 Å². The normalized spacial score (nSPS) is 11.1. The molecule has 0 aliphatic heterocycles. The second-order valence-electron chi connectivity index (χ2n) is 15.2. The molecule has 364 valence electrons. The zero-order valence-electron chi connectivity index (χ0n) is 38.2. The molecular formula is C52H60O16. The Balaban J connectivity index is 1.07. The van der Waals surface area contributed by atoms with E-state index < -0.39 is 24.0 Å². The van der Waals surface area contributed by atoms with Crippen LogP contribution >= 0.6 is 0 Å². The van der Waals surface area contributed by atoms with Gasteiger partial charge in [0.1, 0.15) is 30.0 Å². The van der Waals surface area contributed by atoms with Gasteiger partial charge in [-0.05, 0) is 135 Å². The molecule has 0 amide bonds. The predicted octanol–water partition coefficient (Wildman–Crippen LogP) is 10.2. The lowest BCUT2D eigenvalue weighted by Crippen LogP contribution is -2.09. The zero-order chi connectivity index (χ0) is 48.6. The number of unbranched alkanes of at least 4 members (excludes halogenated alkanes) is 8. The lowest BCUT2D eigenvalue weighted by Gasteiger charge is -2.17. The predicted molar refractivity (Wildman–Crippen MR) is 248 cm³/mol. The minimum atomic E-state index is -0.951. The number of aldehydes is 2. The monoisotopic (exact) mass is 940 g/mol. The van der Waals surface area contributed by atoms with Crippen molar-refractivity contribution in [3.63, 3.8) is 0 Å². The molecule has 4 rings (SSSR count). The van der Waals surface area contributed by atoms with Crippen LogP contribution in [-0.4, -0.2) is 68.8 Å². The van der Waals surface area contributed by atoms with Gasteiger partial charge in [0.15, 0.2) is 24.1 Å². The van der Waals surface area contributed by atoms with E-state index in [2.05, 4.69) is 13.2 Å². The summed E-state index contributed by atoms with van der Waals surface area (Å²) in [6.45, 7) is 8.88. The van der Waals surface area contributed by atoms with Gasteiger partial charge in [0.2, 0.25) is 0 Å². The van der Waals surface area contributed by atoms with E-state index in [1.165, 1.54) is 24.3 Å². The highest BCUT2D eigenvalue weighted by molar-refractivity contribution is 5.82. The summed E-state index contributed by atoms with van der Waals surface area (Å²) >= 11 is 0. The Bertz CT molecular complexity index is 2170. The Kier molecular flexibility index (Phi) is 25.3. The van der Waals surface area contributed by atoms with Crippen LogP contribution in [0.4, 0.5) is 0 Å². The maximum Gasteiger partial charge on any atom is 0.330 e. The summed E-state index contributed by atoms with van der Waals surface area (Å²) < 4.78 is 27.0. The number of esters is 3. The zero-order valence-corrected chi connectivity index (χ0v) is 38.2. The maximum atomic E-state index is 12.5. The van der Waals surface area contributed by atoms with Gasteiger partial charge >= 0.3 is 17.9 Å². The first-order chi connectivity index (χ1) is 33.3. The molecule has 16 nitrogen and oxygen atoms in total. The van der Waals surface area contributed by atoms with Crippen LogP contribution in [-0.2, 0) is 45.1 Å². The Morgan fingerprint density at radius 3 is 1.66 bits per heavy atom. The molecule has 1 atom stereocenters. The summed E-state index contributed by atoms with van der Waals surface area (Å²) in [5, 5.41) is 9.79. The molecule has 16 heteroatoms. The van der Waals surface area contributed by atoms with Gasteiger partial charge in [-0.1, -0.05) is 49.9 Å². The third-order valence-electron chi connectivity index (χ3n) is 10.1. The van der Waals surface area contributed by atoms with Crippen LogP contribution in [0.15, 0.2) is 110 Å². The van der Waals surface area contributed by atoms with Crippen LogP contribution in [0.1, 0.15) is 121 Å². The summed E-state index contributed by atoms with van der Waals surface area (Å²) in [7, 11) is 0. The van der Waals surface area contributed by atoms with Crippen LogP contribution in [0, 0.1) is 0 Å². The minimum Gasteiger partial charge on any atom is -0.494 e. The average molecular weight is 941 g/mol. The summed E-state index contributed by atoms with van der Waals surface area (Å²) in [5.74, 6) is 0.689. The van der Waals surface area contributed by atoms with Crippen LogP contribution in [0.2, 0.25) is 0 Å². The van der Waals surface area contributed by atoms with E-state index >= 15 is 0 Å². The van der Waals surface area contributed by atoms with Crippen molar-refractivity contribution < 1.29 is 77.4 Å². The quantitative estimate of drug-likeness (QED) is 0.00858. The molecule has 0 aliphatic rings. The van der Waals surface area contributed by atoms with E-state index in [0.29, 0.717) is 75.1 Å². The van der Waals surface area contributed by atoms with Gasteiger partial charge in [0, 0.05) is 24.1 Å². The molecule has 0 fully saturated rings. The molecule has 0 spiro atoms. The molecule has 1 unspecified atom stereocenters. The Morgan fingerprint density at radius 1 is 0.544 bits per heavy atom. The highest BCUT2D eigenvalue weighted by Gasteiger charge is 2.20. The number of carbonyl (C=O) groups is 5. The maximum absolute atomic E-state index is 12.5. The standard InChI is InChI=1S/C52H60O16/c1-3-49(55)61-31-13-7-5-11-29-59-43-21-17-39(18-22-43)38-64-68-48-28-26-45(35-42(48)37-54)65-51(57)16-10-9-15-33-63-67-46-25-27-47(41(34-46)36-53)52(66-58)40-19-23-44(24-20-40)60-30-12-6-8-14-32-62-50(56)4-2/h3-4,17-28,34-37,52,58H,1-2,5-16,29-33,38H2. The lowest BCUT2D eigenvalue weighted by molar-refractivity contribution is -0.270. The first-order valence-corrected chi connectivity index (χ1v) is 22.6. The van der Waals surface area contributed by atoms with Crippen molar-refractivity contribution in [2.75, 3.05) is 33.0 Å². The summed E-state index contributed by atoms with van der Waals surface area (Å²) in [6, 6.07) is 23.4. The minimum absolute atomic E-state index is 0.109. The van der Waals surface area contributed by atoms with Crippen LogP contribution < -0.4 is 24.0 Å². The average Bonchev–Trinajstić information content (AvgIpc) is 3.36. The van der Waals surface area contributed by atoms with Gasteiger partial charge in [-0.15, -0.1) is 0 Å². The number of ether oxygens (including phenoxy) is 5. The van der Waals surface area contributed by atoms with Crippen molar-refractivity contribution in [1.29, 1.82) is 0 Å². The Hall–Kier alpha value is -6.85. The fourth-order valence-electron chi connectivity index (χ4n) is 6.44. The first kappa shape index (κ1) is 53.8. The summed E-state index contributed by atoms with van der Waals surface area (Å²) in [6.07, 6.45) is 11.4. The summed E-state index contributed by atoms with van der Waals surface area (Å²) in [5.41, 5.74) is 2.20. The molecule has 68 heavy (non-hydrogen) atoms. The highest BCUT2D eigenvalue weighted by Crippen LogP contribution is 2.31. The molecule has 0 bridgehead atoms. The molecule has 0 saturated carbocycles. The molecule has 0 radical (unpaired) electrons. The van der Waals surface area contributed by atoms with Gasteiger partial charge in [-0.25, -0.2) is 14.5 Å². The fraction of sp³-hybridized carbons (Fsp3) is 0.365. The summed E-state index contributed by atoms with van der Waals surface area (Å²) in [4.78, 5) is 84.7. The molecule has 0 saturated heterocycles. The van der Waals surface area contributed by atoms with Crippen molar-refractivity contribution in [3.05, 3.63) is 138 Å². The molecule has 1 N–H and O–H groups in total. The van der Waals surface area contributed by atoms with Gasteiger partial charge in [-0.2, -0.15) is 9.78 Å². The molecule has 4 aromatic rings. The second-order valence-corrected chi connectivity index (χ2v) is 15.2. The topological polar surface area (TPSA) is 198 Å². The number of hydrogen-bond acceptors (Lipinski definition) is 16. The van der Waals surface area contributed by atoms with Crippen LogP contribution in [0.5, 0.6) is 28.7 Å². The van der Waals surface area contributed by atoms with E-state index in [0.717, 1.165) is 74.8 Å². The van der Waals surface area contributed by atoms with E-state index in [4.69, 9.17) is 48.1 Å². The Morgan fingerprint density at radius 2 is 1.07 bits per heavy atom. The van der Waals surface area contributed by atoms with Crippen molar-refractivity contribution in [2.45, 2.75) is 89.8 Å². The third kappa shape index (κ3) is 20.3. The molecular weight excluding hydrogens is 881 g/mol. The molecule has 0 aromatic heterocycles. The van der Waals surface area contributed by atoms with E-state index in [1.807, 2.05) is 24.3 Å². The van der Waals surface area contributed by atoms with Crippen molar-refractivity contribution >= 4 is 30.5 Å². The number of carbonyl (C=O) groups excluding carboxylic acids is 5. The smallest absolute Gasteiger partial charge is 0.330 e. The van der Waals surface area contributed by atoms with Crippen molar-refractivity contribution in [3.8, 4) is 28.7 Å². The highest BCUT2D eigenvalue weighted by atomic mass is 17.2. The first-order valence-electron chi connectivity index (χ1n) is 22.6. The van der Waals surface area contributed by atoms with Gasteiger partial charge in [0.05, 0.1) is 38.6 Å². The van der Waals surface area contributed by atoms with Gasteiger partial charge in [0.25, 0.3) is 0 Å². The Labute approximate surface area is 396 Å². The lowest BCUT2D eigenvalue weighted by atomic mass is 9.97. The largest absolute Gasteiger partial charge is 0.494 e. The van der Waals surface area contributed by atoms with Crippen molar-refractivity contribution in [1.82, 2.24) is 0 Å². The van der Waals surface area contributed by atoms with Gasteiger partial charge in [-0.3, -0.25) is 19.6 Å². The number of benzene rings is 4. The molecule has 4 aromatic carbocycles. The number of hydrogen-bond donors (Lipinski definition) is 1. The van der Waals surface area contributed by atoms with E-state index in [-0.39, 0.29) is 48.0 Å². The van der Waals surface area contributed by atoms with Crippen molar-refractivity contribution in [2.24, 2.45) is 0 Å². The second kappa shape index (κ2) is 32.0.